The summed E-state index contributed by atoms with van der Waals surface area (Å²) in [4.78, 5) is 0. The van der Waals surface area contributed by atoms with E-state index in [1.165, 1.54) is 33.4 Å². The zero-order valence-corrected chi connectivity index (χ0v) is 20.4. The van der Waals surface area contributed by atoms with Crippen molar-refractivity contribution in [1.82, 2.24) is 0 Å². The molecule has 0 bridgehead atoms. The van der Waals surface area contributed by atoms with E-state index in [2.05, 4.69) is 96.5 Å². The summed E-state index contributed by atoms with van der Waals surface area (Å²) in [5.41, 5.74) is 8.45. The normalized spacial score (nSPS) is 13.1. The van der Waals surface area contributed by atoms with Gasteiger partial charge in [-0.25, -0.2) is 0 Å². The molecule has 0 N–H and O–H groups in total. The molecule has 1 radical (unpaired) electrons. The Labute approximate surface area is 177 Å². The summed E-state index contributed by atoms with van der Waals surface area (Å²) in [6, 6.07) is 13.7. The van der Waals surface area contributed by atoms with Crippen LogP contribution >= 0.6 is 17.0 Å². The van der Waals surface area contributed by atoms with E-state index in [0.29, 0.717) is 0 Å². The van der Waals surface area contributed by atoms with Crippen LogP contribution in [0.4, 0.5) is 0 Å². The second-order valence-electron chi connectivity index (χ2n) is 8.70. The first-order valence-corrected chi connectivity index (χ1v) is 15.2. The van der Waals surface area contributed by atoms with Gasteiger partial charge in [0.25, 0.3) is 0 Å². The quantitative estimate of drug-likeness (QED) is 0.401. The number of fused-ring (bicyclic) bond motifs is 1. The predicted molar refractivity (Wildman–Crippen MR) is 113 cm³/mol. The third-order valence-corrected chi connectivity index (χ3v) is 4.65. The average Bonchev–Trinajstić information content (AvgIpc) is 3.02. The Bertz CT molecular complexity index is 761. The number of hydrogen-bond donors (Lipinski definition) is 0. The van der Waals surface area contributed by atoms with Gasteiger partial charge in [0, 0.05) is 6.42 Å². The second-order valence-corrected chi connectivity index (χ2v) is 12.4. The zero-order valence-electron chi connectivity index (χ0n) is 16.5. The van der Waals surface area contributed by atoms with Gasteiger partial charge >= 0.3 is 37.9 Å². The second kappa shape index (κ2) is 8.77. The molecule has 0 unspecified atom stereocenters. The molecule has 0 aromatic heterocycles. The van der Waals surface area contributed by atoms with Gasteiger partial charge in [0.15, 0.2) is 0 Å². The van der Waals surface area contributed by atoms with Crippen molar-refractivity contribution >= 4 is 23.1 Å². The van der Waals surface area contributed by atoms with Gasteiger partial charge in [-0.1, -0.05) is 90.1 Å². The van der Waals surface area contributed by atoms with Crippen molar-refractivity contribution in [1.29, 1.82) is 0 Å². The van der Waals surface area contributed by atoms with Crippen LogP contribution in [-0.4, -0.2) is 0 Å². The van der Waals surface area contributed by atoms with Gasteiger partial charge in [-0.15, -0.1) is 0 Å². The van der Waals surface area contributed by atoms with Gasteiger partial charge < -0.3 is 0 Å². The first-order valence-electron chi connectivity index (χ1n) is 8.85. The SMILES string of the molecule is CC(C)(C)c1cc(-c2cccc3c2C=C[CH]3)cc(C(C)(C)C)c1.[Cl][Zr][Cl]. The summed E-state index contributed by atoms with van der Waals surface area (Å²) in [6.07, 6.45) is 6.56. The van der Waals surface area contributed by atoms with Gasteiger partial charge in [-0.2, -0.15) is 0 Å². The van der Waals surface area contributed by atoms with Crippen LogP contribution in [-0.2, 0) is 31.7 Å². The van der Waals surface area contributed by atoms with E-state index >= 15 is 0 Å². The van der Waals surface area contributed by atoms with Crippen LogP contribution in [0.1, 0.15) is 63.8 Å². The molecule has 0 aliphatic heterocycles. The molecular formula is C23H27Cl2Zr. The third kappa shape index (κ3) is 5.34. The topological polar surface area (TPSA) is 0 Å². The Morgan fingerprint density at radius 3 is 1.85 bits per heavy atom. The first kappa shape index (κ1) is 21.9. The molecule has 0 heterocycles. The van der Waals surface area contributed by atoms with Crippen molar-refractivity contribution in [3.05, 3.63) is 71.1 Å². The van der Waals surface area contributed by atoms with Crippen LogP contribution in [0.5, 0.6) is 0 Å². The van der Waals surface area contributed by atoms with E-state index in [9.17, 15) is 0 Å². The molecule has 2 aromatic rings. The maximum atomic E-state index is 4.93. The molecule has 0 nitrogen and oxygen atoms in total. The summed E-state index contributed by atoms with van der Waals surface area (Å²) in [5.74, 6) is 0. The molecule has 0 amide bonds. The molecule has 26 heavy (non-hydrogen) atoms. The minimum absolute atomic E-state index is 0.149. The number of benzene rings is 2. The maximum absolute atomic E-state index is 4.93. The fraction of sp³-hybridized carbons (Fsp3) is 0.348. The fourth-order valence-corrected chi connectivity index (χ4v) is 3.06. The monoisotopic (exact) mass is 463 g/mol. The van der Waals surface area contributed by atoms with Crippen molar-refractivity contribution in [2.45, 2.75) is 52.4 Å². The Morgan fingerprint density at radius 2 is 1.35 bits per heavy atom. The Hall–Kier alpha value is -0.357. The minimum atomic E-state index is -0.826. The third-order valence-electron chi connectivity index (χ3n) is 4.65. The summed E-state index contributed by atoms with van der Waals surface area (Å²) in [6.45, 7) is 13.8. The van der Waals surface area contributed by atoms with Gasteiger partial charge in [0.05, 0.1) is 0 Å². The molecule has 3 rings (SSSR count). The van der Waals surface area contributed by atoms with Crippen LogP contribution in [0.15, 0.2) is 42.5 Å². The van der Waals surface area contributed by atoms with E-state index in [-0.39, 0.29) is 10.8 Å². The molecule has 0 fully saturated rings. The summed E-state index contributed by atoms with van der Waals surface area (Å²) >= 11 is -0.826. The van der Waals surface area contributed by atoms with E-state index in [1.54, 1.807) is 0 Å². The van der Waals surface area contributed by atoms with E-state index in [4.69, 9.17) is 17.0 Å². The molecule has 0 saturated carbocycles. The van der Waals surface area contributed by atoms with Crippen LogP contribution in [0.25, 0.3) is 17.2 Å². The van der Waals surface area contributed by atoms with E-state index in [1.807, 2.05) is 0 Å². The summed E-state index contributed by atoms with van der Waals surface area (Å²) < 4.78 is 0. The van der Waals surface area contributed by atoms with Gasteiger partial charge in [-0.3, -0.25) is 0 Å². The van der Waals surface area contributed by atoms with Gasteiger partial charge in [-0.05, 0) is 44.2 Å². The summed E-state index contributed by atoms with van der Waals surface area (Å²) in [5, 5.41) is 0. The standard InChI is InChI=1S/C23H27.2ClH.Zr/c1-22(2,3)18-13-17(14-19(15-18)23(4,5)6)21-12-8-10-16-9-7-11-20(16)21;;;/h7-15H,1-6H3;2*1H;/q;;;+2/p-2. The Balaban J connectivity index is 0.000000758. The van der Waals surface area contributed by atoms with Gasteiger partial charge in [0.2, 0.25) is 0 Å². The zero-order chi connectivity index (χ0) is 19.5. The molecular weight excluding hydrogens is 438 g/mol. The summed E-state index contributed by atoms with van der Waals surface area (Å²) in [7, 11) is 9.87. The molecule has 0 spiro atoms. The van der Waals surface area contributed by atoms with Crippen LogP contribution < -0.4 is 0 Å². The molecule has 2 aromatic carbocycles. The molecule has 0 atom stereocenters. The van der Waals surface area contributed by atoms with Gasteiger partial charge in [0.1, 0.15) is 0 Å². The predicted octanol–water partition coefficient (Wildman–Crippen LogP) is 7.90. The van der Waals surface area contributed by atoms with Crippen molar-refractivity contribution < 1.29 is 20.8 Å². The number of halogens is 2. The van der Waals surface area contributed by atoms with Crippen molar-refractivity contribution in [2.24, 2.45) is 0 Å². The number of allylic oxidation sites excluding steroid dienone is 1. The first-order chi connectivity index (χ1) is 12.1. The Kier molecular flexibility index (Phi) is 7.40. The molecule has 1 aliphatic rings. The number of hydrogen-bond acceptors (Lipinski definition) is 0. The van der Waals surface area contributed by atoms with E-state index < -0.39 is 20.8 Å². The average molecular weight is 466 g/mol. The van der Waals surface area contributed by atoms with Crippen LogP contribution in [0.3, 0.4) is 0 Å². The van der Waals surface area contributed by atoms with Crippen molar-refractivity contribution in [3.8, 4) is 11.1 Å². The Morgan fingerprint density at radius 1 is 0.808 bits per heavy atom. The molecule has 1 aliphatic carbocycles. The molecule has 0 saturated heterocycles. The van der Waals surface area contributed by atoms with Crippen LogP contribution in [0.2, 0.25) is 0 Å². The van der Waals surface area contributed by atoms with Crippen molar-refractivity contribution in [3.63, 3.8) is 0 Å². The molecule has 137 valence electrons. The molecule has 3 heteroatoms. The number of rotatable bonds is 1. The van der Waals surface area contributed by atoms with Crippen molar-refractivity contribution in [2.75, 3.05) is 0 Å². The van der Waals surface area contributed by atoms with Crippen LogP contribution in [0, 0.1) is 6.42 Å². The fourth-order valence-electron chi connectivity index (χ4n) is 3.06. The van der Waals surface area contributed by atoms with E-state index in [0.717, 1.165) is 0 Å².